The first-order chi connectivity index (χ1) is 13.6. The zero-order valence-electron chi connectivity index (χ0n) is 14.3. The van der Waals surface area contributed by atoms with Crippen LogP contribution in [0.1, 0.15) is 16.7 Å². The Balaban J connectivity index is 2.13. The van der Waals surface area contributed by atoms with Crippen molar-refractivity contribution in [2.24, 2.45) is 0 Å². The molecule has 0 aliphatic carbocycles. The Hall–Kier alpha value is -3.54. The van der Waals surface area contributed by atoms with E-state index in [1.807, 2.05) is 6.07 Å². The third-order valence-corrected chi connectivity index (χ3v) is 4.52. The van der Waals surface area contributed by atoms with E-state index in [9.17, 15) is 26.3 Å². The molecular weight excluding hydrogens is 396 g/mol. The Morgan fingerprint density at radius 3 is 1.72 bits per heavy atom. The summed E-state index contributed by atoms with van der Waals surface area (Å²) in [5, 5.41) is 9.11. The number of nitriles is 1. The highest BCUT2D eigenvalue weighted by atomic mass is 19.4. The molecular formula is C20H9F6N3. The SMILES string of the molecule is N#Cc1ccnc(-n2c3ccc(C(F)(F)F)cc3c3cc(C(F)(F)F)ccc32)c1. The summed E-state index contributed by atoms with van der Waals surface area (Å²) in [6.07, 6.45) is -7.95. The van der Waals surface area contributed by atoms with E-state index in [0.717, 1.165) is 24.3 Å². The highest BCUT2D eigenvalue weighted by molar-refractivity contribution is 6.09. The van der Waals surface area contributed by atoms with Crippen molar-refractivity contribution >= 4 is 21.8 Å². The lowest BCUT2D eigenvalue weighted by Gasteiger charge is -2.09. The van der Waals surface area contributed by atoms with Crippen LogP contribution in [0.3, 0.4) is 0 Å². The molecule has 0 fully saturated rings. The van der Waals surface area contributed by atoms with Crippen LogP contribution in [0.5, 0.6) is 0 Å². The van der Waals surface area contributed by atoms with Gasteiger partial charge < -0.3 is 0 Å². The van der Waals surface area contributed by atoms with Gasteiger partial charge in [-0.15, -0.1) is 0 Å². The van der Waals surface area contributed by atoms with Gasteiger partial charge in [-0.25, -0.2) is 4.98 Å². The monoisotopic (exact) mass is 405 g/mol. The molecule has 0 amide bonds. The second-order valence-electron chi connectivity index (χ2n) is 6.31. The standard InChI is InChI=1S/C20H9F6N3/c21-19(22,23)12-1-3-16-14(8-12)15-9-13(20(24,25)26)2-4-17(15)29(16)18-7-11(10-27)5-6-28-18/h1-9H. The maximum atomic E-state index is 13.2. The first kappa shape index (κ1) is 18.8. The Morgan fingerprint density at radius 2 is 1.28 bits per heavy atom. The molecule has 0 saturated carbocycles. The summed E-state index contributed by atoms with van der Waals surface area (Å²) in [4.78, 5) is 4.14. The molecule has 0 atom stereocenters. The summed E-state index contributed by atoms with van der Waals surface area (Å²) in [6.45, 7) is 0. The molecule has 2 aromatic heterocycles. The van der Waals surface area contributed by atoms with E-state index in [1.54, 1.807) is 0 Å². The molecule has 0 aliphatic heterocycles. The normalized spacial score (nSPS) is 12.4. The van der Waals surface area contributed by atoms with Gasteiger partial charge in [0.15, 0.2) is 0 Å². The topological polar surface area (TPSA) is 41.6 Å². The van der Waals surface area contributed by atoms with Crippen LogP contribution in [0.15, 0.2) is 54.7 Å². The first-order valence-electron chi connectivity index (χ1n) is 8.19. The summed E-state index contributed by atoms with van der Waals surface area (Å²) >= 11 is 0. The van der Waals surface area contributed by atoms with Crippen LogP contribution >= 0.6 is 0 Å². The molecule has 0 N–H and O–H groups in total. The Bertz CT molecular complexity index is 1220. The van der Waals surface area contributed by atoms with Gasteiger partial charge in [0.1, 0.15) is 5.82 Å². The van der Waals surface area contributed by atoms with Crippen molar-refractivity contribution < 1.29 is 26.3 Å². The molecule has 29 heavy (non-hydrogen) atoms. The summed E-state index contributed by atoms with van der Waals surface area (Å²) in [5.74, 6) is 0.212. The average Bonchev–Trinajstić information content (AvgIpc) is 2.99. The quantitative estimate of drug-likeness (QED) is 0.360. The smallest absolute Gasteiger partial charge is 0.294 e. The van der Waals surface area contributed by atoms with Crippen LogP contribution in [0, 0.1) is 11.3 Å². The average molecular weight is 405 g/mol. The van der Waals surface area contributed by atoms with Gasteiger partial charge in [-0.3, -0.25) is 4.57 Å². The number of fused-ring (bicyclic) bond motifs is 3. The molecule has 0 bridgehead atoms. The van der Waals surface area contributed by atoms with E-state index >= 15 is 0 Å². The van der Waals surface area contributed by atoms with E-state index < -0.39 is 23.5 Å². The predicted octanol–water partition coefficient (Wildman–Crippen LogP) is 6.09. The van der Waals surface area contributed by atoms with Crippen molar-refractivity contribution in [3.63, 3.8) is 0 Å². The van der Waals surface area contributed by atoms with Crippen molar-refractivity contribution in [1.82, 2.24) is 9.55 Å². The van der Waals surface area contributed by atoms with E-state index in [-0.39, 0.29) is 33.2 Å². The lowest BCUT2D eigenvalue weighted by atomic mass is 10.1. The third kappa shape index (κ3) is 3.16. The van der Waals surface area contributed by atoms with Gasteiger partial charge in [0.05, 0.1) is 33.8 Å². The van der Waals surface area contributed by atoms with Gasteiger partial charge in [0.25, 0.3) is 0 Å². The van der Waals surface area contributed by atoms with E-state index in [1.165, 1.54) is 35.0 Å². The van der Waals surface area contributed by atoms with E-state index in [0.29, 0.717) is 0 Å². The van der Waals surface area contributed by atoms with Gasteiger partial charge >= 0.3 is 12.4 Å². The maximum Gasteiger partial charge on any atom is 0.416 e. The number of hydrogen-bond acceptors (Lipinski definition) is 2. The Morgan fingerprint density at radius 1 is 0.759 bits per heavy atom. The van der Waals surface area contributed by atoms with Gasteiger partial charge in [0, 0.05) is 17.0 Å². The van der Waals surface area contributed by atoms with Crippen molar-refractivity contribution in [3.8, 4) is 11.9 Å². The van der Waals surface area contributed by atoms with E-state index in [4.69, 9.17) is 5.26 Å². The minimum atomic E-state index is -4.65. The number of alkyl halides is 6. The van der Waals surface area contributed by atoms with Gasteiger partial charge in [-0.1, -0.05) is 0 Å². The second kappa shape index (κ2) is 6.24. The molecule has 146 valence electrons. The van der Waals surface area contributed by atoms with Crippen molar-refractivity contribution in [2.45, 2.75) is 12.4 Å². The molecule has 0 spiro atoms. The fourth-order valence-electron chi connectivity index (χ4n) is 3.23. The molecule has 0 saturated heterocycles. The number of nitrogens with zero attached hydrogens (tertiary/aromatic N) is 3. The first-order valence-corrected chi connectivity index (χ1v) is 8.19. The van der Waals surface area contributed by atoms with Crippen molar-refractivity contribution in [2.75, 3.05) is 0 Å². The molecule has 9 heteroatoms. The van der Waals surface area contributed by atoms with E-state index in [2.05, 4.69) is 4.98 Å². The summed E-state index contributed by atoms with van der Waals surface area (Å²) in [7, 11) is 0. The van der Waals surface area contributed by atoms with Crippen LogP contribution in [0.4, 0.5) is 26.3 Å². The van der Waals surface area contributed by atoms with Crippen LogP contribution in [-0.4, -0.2) is 9.55 Å². The van der Waals surface area contributed by atoms with Crippen molar-refractivity contribution in [3.05, 3.63) is 71.4 Å². The van der Waals surface area contributed by atoms with Gasteiger partial charge in [-0.2, -0.15) is 31.6 Å². The van der Waals surface area contributed by atoms with Crippen LogP contribution in [-0.2, 0) is 12.4 Å². The fraction of sp³-hybridized carbons (Fsp3) is 0.100. The third-order valence-electron chi connectivity index (χ3n) is 4.52. The zero-order chi connectivity index (χ0) is 21.0. The lowest BCUT2D eigenvalue weighted by Crippen LogP contribution is -2.04. The van der Waals surface area contributed by atoms with Gasteiger partial charge in [0.2, 0.25) is 0 Å². The predicted molar refractivity (Wildman–Crippen MR) is 93.3 cm³/mol. The molecule has 4 aromatic rings. The molecule has 0 unspecified atom stereocenters. The van der Waals surface area contributed by atoms with Crippen molar-refractivity contribution in [1.29, 1.82) is 5.26 Å². The highest BCUT2D eigenvalue weighted by Crippen LogP contribution is 2.39. The lowest BCUT2D eigenvalue weighted by molar-refractivity contribution is -0.138. The number of pyridine rings is 1. The molecule has 2 heterocycles. The Kier molecular flexibility index (Phi) is 4.04. The summed E-state index contributed by atoms with van der Waals surface area (Å²) in [6, 6.07) is 10.5. The number of hydrogen-bond donors (Lipinski definition) is 0. The largest absolute Gasteiger partial charge is 0.416 e. The summed E-state index contributed by atoms with van der Waals surface area (Å²) in [5.41, 5.74) is -1.20. The van der Waals surface area contributed by atoms with Gasteiger partial charge in [-0.05, 0) is 48.5 Å². The number of benzene rings is 2. The highest BCUT2D eigenvalue weighted by Gasteiger charge is 2.33. The maximum absolute atomic E-state index is 13.2. The molecule has 0 radical (unpaired) electrons. The Labute approximate surface area is 159 Å². The summed E-state index contributed by atoms with van der Waals surface area (Å²) < 4.78 is 80.5. The molecule has 2 aromatic carbocycles. The minimum Gasteiger partial charge on any atom is -0.294 e. The number of rotatable bonds is 1. The van der Waals surface area contributed by atoms with Crippen LogP contribution in [0.25, 0.3) is 27.6 Å². The molecule has 4 rings (SSSR count). The zero-order valence-corrected chi connectivity index (χ0v) is 14.3. The second-order valence-corrected chi connectivity index (χ2v) is 6.31. The number of aromatic nitrogens is 2. The molecule has 0 aliphatic rings. The minimum absolute atomic E-state index is 0.00471. The molecule has 3 nitrogen and oxygen atoms in total. The number of halogens is 6. The van der Waals surface area contributed by atoms with Crippen LogP contribution < -0.4 is 0 Å². The fourth-order valence-corrected chi connectivity index (χ4v) is 3.23. The van der Waals surface area contributed by atoms with Crippen LogP contribution in [0.2, 0.25) is 0 Å².